The summed E-state index contributed by atoms with van der Waals surface area (Å²) in [6.07, 6.45) is 6.24. The molecular weight excluding hydrogens is 212 g/mol. The lowest BCUT2D eigenvalue weighted by Gasteiger charge is -2.12. The minimum atomic E-state index is 0.666. The maximum atomic E-state index is 4.35. The molecule has 0 fully saturated rings. The molecule has 0 radical (unpaired) electrons. The van der Waals surface area contributed by atoms with Crippen LogP contribution in [0.1, 0.15) is 45.9 Å². The minimum Gasteiger partial charge on any atom is -0.317 e. The van der Waals surface area contributed by atoms with Crippen LogP contribution < -0.4 is 5.32 Å². The summed E-state index contributed by atoms with van der Waals surface area (Å²) in [4.78, 5) is 4.35. The number of hydrogen-bond acceptors (Lipinski definition) is 3. The maximum absolute atomic E-state index is 4.35. The van der Waals surface area contributed by atoms with Crippen molar-refractivity contribution in [3.8, 4) is 0 Å². The number of rotatable bonds is 9. The zero-order valence-corrected chi connectivity index (χ0v) is 11.4. The molecule has 0 saturated carbocycles. The van der Waals surface area contributed by atoms with E-state index in [0.717, 1.165) is 38.3 Å². The molecule has 0 aliphatic heterocycles. The van der Waals surface area contributed by atoms with Crippen molar-refractivity contribution >= 4 is 0 Å². The van der Waals surface area contributed by atoms with Crippen molar-refractivity contribution in [2.45, 2.75) is 53.0 Å². The molecule has 1 unspecified atom stereocenters. The minimum absolute atomic E-state index is 0.666. The van der Waals surface area contributed by atoms with E-state index < -0.39 is 0 Å². The Morgan fingerprint density at radius 3 is 2.82 bits per heavy atom. The first-order chi connectivity index (χ1) is 8.27. The molecule has 1 N–H and O–H groups in total. The Morgan fingerprint density at radius 1 is 1.29 bits per heavy atom. The fourth-order valence-corrected chi connectivity index (χ4v) is 1.91. The molecule has 1 rings (SSSR count). The Hall–Kier alpha value is -0.900. The number of nitrogens with one attached hydrogen (secondary N) is 1. The second-order valence-electron chi connectivity index (χ2n) is 4.75. The normalized spacial score (nSPS) is 12.9. The second-order valence-corrected chi connectivity index (χ2v) is 4.75. The van der Waals surface area contributed by atoms with Crippen molar-refractivity contribution in [1.29, 1.82) is 0 Å². The summed E-state index contributed by atoms with van der Waals surface area (Å²) >= 11 is 0. The summed E-state index contributed by atoms with van der Waals surface area (Å²) in [5.41, 5.74) is 0. The number of aryl methyl sites for hydroxylation is 1. The van der Waals surface area contributed by atoms with Gasteiger partial charge >= 0.3 is 0 Å². The van der Waals surface area contributed by atoms with Gasteiger partial charge in [-0.15, -0.1) is 0 Å². The van der Waals surface area contributed by atoms with Crippen molar-refractivity contribution in [2.75, 3.05) is 13.1 Å². The molecule has 0 saturated heterocycles. The van der Waals surface area contributed by atoms with Gasteiger partial charge < -0.3 is 5.32 Å². The Bertz CT molecular complexity index is 295. The molecule has 4 nitrogen and oxygen atoms in total. The van der Waals surface area contributed by atoms with Gasteiger partial charge in [0.15, 0.2) is 0 Å². The molecular formula is C13H26N4. The summed E-state index contributed by atoms with van der Waals surface area (Å²) in [6, 6.07) is 0. The van der Waals surface area contributed by atoms with Gasteiger partial charge in [0.05, 0.1) is 0 Å². The fourth-order valence-electron chi connectivity index (χ4n) is 1.91. The molecule has 0 bridgehead atoms. The largest absolute Gasteiger partial charge is 0.317 e. The molecule has 4 heteroatoms. The average molecular weight is 238 g/mol. The van der Waals surface area contributed by atoms with Crippen LogP contribution in [0.15, 0.2) is 6.33 Å². The third kappa shape index (κ3) is 5.31. The van der Waals surface area contributed by atoms with Gasteiger partial charge in [-0.3, -0.25) is 4.68 Å². The molecule has 1 atom stereocenters. The van der Waals surface area contributed by atoms with E-state index in [2.05, 4.69) is 36.2 Å². The van der Waals surface area contributed by atoms with Crippen LogP contribution in [0, 0.1) is 5.92 Å². The van der Waals surface area contributed by atoms with E-state index in [1.807, 2.05) is 4.68 Å². The van der Waals surface area contributed by atoms with E-state index in [4.69, 9.17) is 0 Å². The van der Waals surface area contributed by atoms with Crippen LogP contribution in [-0.4, -0.2) is 27.9 Å². The fraction of sp³-hybridized carbons (Fsp3) is 0.846. The van der Waals surface area contributed by atoms with Gasteiger partial charge in [-0.2, -0.15) is 5.10 Å². The third-order valence-corrected chi connectivity index (χ3v) is 2.90. The van der Waals surface area contributed by atoms with E-state index in [-0.39, 0.29) is 0 Å². The Morgan fingerprint density at radius 2 is 2.12 bits per heavy atom. The summed E-state index contributed by atoms with van der Waals surface area (Å²) in [5.74, 6) is 1.80. The van der Waals surface area contributed by atoms with Crippen molar-refractivity contribution in [1.82, 2.24) is 20.1 Å². The first-order valence-electron chi connectivity index (χ1n) is 6.85. The van der Waals surface area contributed by atoms with Crippen LogP contribution in [0.2, 0.25) is 0 Å². The highest BCUT2D eigenvalue weighted by Gasteiger charge is 2.09. The van der Waals surface area contributed by atoms with Crippen LogP contribution in [0.25, 0.3) is 0 Å². The molecule has 0 aromatic carbocycles. The van der Waals surface area contributed by atoms with Gasteiger partial charge in [0.2, 0.25) is 0 Å². The molecule has 0 aliphatic rings. The van der Waals surface area contributed by atoms with E-state index in [1.54, 1.807) is 6.33 Å². The van der Waals surface area contributed by atoms with Gasteiger partial charge in [0.25, 0.3) is 0 Å². The van der Waals surface area contributed by atoms with Crippen molar-refractivity contribution < 1.29 is 0 Å². The predicted octanol–water partition coefficient (Wildman–Crippen LogP) is 2.26. The zero-order chi connectivity index (χ0) is 12.5. The molecule has 1 aromatic rings. The predicted molar refractivity (Wildman–Crippen MR) is 71.0 cm³/mol. The molecule has 98 valence electrons. The van der Waals surface area contributed by atoms with Crippen molar-refractivity contribution in [3.63, 3.8) is 0 Å². The van der Waals surface area contributed by atoms with E-state index >= 15 is 0 Å². The van der Waals surface area contributed by atoms with Crippen molar-refractivity contribution in [3.05, 3.63) is 12.2 Å². The Balaban J connectivity index is 2.29. The highest BCUT2D eigenvalue weighted by molar-refractivity contribution is 4.86. The van der Waals surface area contributed by atoms with E-state index in [1.165, 1.54) is 12.8 Å². The second kappa shape index (κ2) is 8.23. The summed E-state index contributed by atoms with van der Waals surface area (Å²) in [6.45, 7) is 9.87. The lowest BCUT2D eigenvalue weighted by atomic mass is 10.0. The van der Waals surface area contributed by atoms with Gasteiger partial charge in [-0.1, -0.05) is 20.8 Å². The van der Waals surface area contributed by atoms with Crippen LogP contribution in [0.4, 0.5) is 0 Å². The van der Waals surface area contributed by atoms with Crippen LogP contribution in [0.5, 0.6) is 0 Å². The first kappa shape index (κ1) is 14.2. The van der Waals surface area contributed by atoms with Crippen molar-refractivity contribution in [2.24, 2.45) is 5.92 Å². The summed E-state index contributed by atoms with van der Waals surface area (Å²) < 4.78 is 2.04. The Kier molecular flexibility index (Phi) is 6.86. The SMILES string of the molecule is CCCNCCC(C)Cc1ncnn1CCC. The topological polar surface area (TPSA) is 42.7 Å². The molecule has 0 amide bonds. The number of nitrogens with zero attached hydrogens (tertiary/aromatic N) is 3. The maximum Gasteiger partial charge on any atom is 0.138 e. The van der Waals surface area contributed by atoms with E-state index in [0.29, 0.717) is 5.92 Å². The first-order valence-corrected chi connectivity index (χ1v) is 6.85. The number of hydrogen-bond donors (Lipinski definition) is 1. The molecule has 0 aliphatic carbocycles. The zero-order valence-electron chi connectivity index (χ0n) is 11.4. The van der Waals surface area contributed by atoms with Crippen LogP contribution >= 0.6 is 0 Å². The standard InChI is InChI=1S/C13H26N4/c1-4-7-14-8-6-12(3)10-13-15-11-16-17(13)9-5-2/h11-12,14H,4-10H2,1-3H3. The highest BCUT2D eigenvalue weighted by Crippen LogP contribution is 2.09. The Labute approximate surface area is 105 Å². The van der Waals surface area contributed by atoms with Gasteiger partial charge in [0, 0.05) is 13.0 Å². The summed E-state index contributed by atoms with van der Waals surface area (Å²) in [5, 5.41) is 7.70. The highest BCUT2D eigenvalue weighted by atomic mass is 15.3. The van der Waals surface area contributed by atoms with Crippen LogP contribution in [0.3, 0.4) is 0 Å². The molecule has 0 spiro atoms. The third-order valence-electron chi connectivity index (χ3n) is 2.90. The molecule has 1 aromatic heterocycles. The lowest BCUT2D eigenvalue weighted by molar-refractivity contribution is 0.466. The smallest absolute Gasteiger partial charge is 0.138 e. The quantitative estimate of drug-likeness (QED) is 0.671. The lowest BCUT2D eigenvalue weighted by Crippen LogP contribution is -2.19. The van der Waals surface area contributed by atoms with Gasteiger partial charge in [-0.05, 0) is 38.3 Å². The molecule has 1 heterocycles. The van der Waals surface area contributed by atoms with Crippen LogP contribution in [-0.2, 0) is 13.0 Å². The number of aromatic nitrogens is 3. The average Bonchev–Trinajstić information content (AvgIpc) is 2.73. The molecule has 17 heavy (non-hydrogen) atoms. The monoisotopic (exact) mass is 238 g/mol. The van der Waals surface area contributed by atoms with Gasteiger partial charge in [0.1, 0.15) is 12.2 Å². The summed E-state index contributed by atoms with van der Waals surface area (Å²) in [7, 11) is 0. The van der Waals surface area contributed by atoms with E-state index in [9.17, 15) is 0 Å². The van der Waals surface area contributed by atoms with Gasteiger partial charge in [-0.25, -0.2) is 4.98 Å².